The monoisotopic (exact) mass is 188 g/mol. The molecule has 0 bridgehead atoms. The number of hydrogen-bond donors (Lipinski definition) is 0. The topological polar surface area (TPSA) is 17.1 Å². The van der Waals surface area contributed by atoms with Gasteiger partial charge in [0.2, 0.25) is 0 Å². The van der Waals surface area contributed by atoms with E-state index in [1.807, 2.05) is 0 Å². The van der Waals surface area contributed by atoms with Crippen LogP contribution < -0.4 is 0 Å². The zero-order valence-corrected chi connectivity index (χ0v) is 9.25. The van der Waals surface area contributed by atoms with Crippen molar-refractivity contribution >= 4 is 10.8 Å². The molecule has 1 rings (SSSR count). The van der Waals surface area contributed by atoms with Crippen molar-refractivity contribution in [3.05, 3.63) is 0 Å². The second-order valence-corrected chi connectivity index (χ2v) is 6.80. The molecule has 2 unspecified atom stereocenters. The van der Waals surface area contributed by atoms with E-state index in [-0.39, 0.29) is 0 Å². The normalized spacial score (nSPS) is 31.9. The van der Waals surface area contributed by atoms with Gasteiger partial charge in [0, 0.05) is 21.8 Å². The summed E-state index contributed by atoms with van der Waals surface area (Å²) in [5.41, 5.74) is 0.345. The highest BCUT2D eigenvalue weighted by atomic mass is 32.2. The fraction of sp³-hybridized carbons (Fsp3) is 1.00. The Bertz CT molecular complexity index is 169. The van der Waals surface area contributed by atoms with Crippen molar-refractivity contribution in [1.82, 2.24) is 0 Å². The molecule has 2 atom stereocenters. The van der Waals surface area contributed by atoms with Crippen LogP contribution in [0.3, 0.4) is 0 Å². The molecule has 12 heavy (non-hydrogen) atoms. The highest BCUT2D eigenvalue weighted by Crippen LogP contribution is 2.28. The number of rotatable bonds is 1. The van der Waals surface area contributed by atoms with Gasteiger partial charge < -0.3 is 0 Å². The molecule has 1 saturated heterocycles. The molecule has 1 nitrogen and oxygen atoms in total. The highest BCUT2D eigenvalue weighted by molar-refractivity contribution is 7.85. The average molecular weight is 188 g/mol. The van der Waals surface area contributed by atoms with Gasteiger partial charge in [-0.3, -0.25) is 4.21 Å². The van der Waals surface area contributed by atoms with Crippen LogP contribution in [0.2, 0.25) is 0 Å². The predicted molar refractivity (Wildman–Crippen MR) is 54.7 cm³/mol. The van der Waals surface area contributed by atoms with Crippen molar-refractivity contribution in [2.45, 2.75) is 51.7 Å². The third kappa shape index (κ3) is 3.26. The molecular weight excluding hydrogens is 168 g/mol. The van der Waals surface area contributed by atoms with E-state index in [2.05, 4.69) is 20.8 Å². The lowest BCUT2D eigenvalue weighted by molar-refractivity contribution is 0.357. The van der Waals surface area contributed by atoms with Gasteiger partial charge in [-0.15, -0.1) is 0 Å². The van der Waals surface area contributed by atoms with Crippen molar-refractivity contribution in [3.63, 3.8) is 0 Å². The van der Waals surface area contributed by atoms with Crippen molar-refractivity contribution in [2.24, 2.45) is 5.41 Å². The first-order chi connectivity index (χ1) is 5.49. The van der Waals surface area contributed by atoms with E-state index in [4.69, 9.17) is 0 Å². The Labute approximate surface area is 78.4 Å². The molecule has 0 amide bonds. The summed E-state index contributed by atoms with van der Waals surface area (Å²) in [6.07, 6.45) is 4.77. The van der Waals surface area contributed by atoms with Gasteiger partial charge in [0.05, 0.1) is 0 Å². The Kier molecular flexibility index (Phi) is 3.33. The molecule has 1 fully saturated rings. The van der Waals surface area contributed by atoms with E-state index in [1.165, 1.54) is 19.3 Å². The van der Waals surface area contributed by atoms with E-state index in [0.29, 0.717) is 10.7 Å². The lowest BCUT2D eigenvalue weighted by Gasteiger charge is -2.28. The van der Waals surface area contributed by atoms with Gasteiger partial charge in [-0.1, -0.05) is 27.2 Å². The molecule has 72 valence electrons. The first-order valence-electron chi connectivity index (χ1n) is 4.86. The molecule has 0 saturated carbocycles. The predicted octanol–water partition coefficient (Wildman–Crippen LogP) is 2.72. The minimum Gasteiger partial charge on any atom is -0.259 e. The zero-order valence-electron chi connectivity index (χ0n) is 8.43. The third-order valence-corrected chi connectivity index (χ3v) is 4.17. The first-order valence-corrected chi connectivity index (χ1v) is 6.24. The first kappa shape index (κ1) is 10.2. The van der Waals surface area contributed by atoms with Crippen molar-refractivity contribution in [2.75, 3.05) is 5.75 Å². The summed E-state index contributed by atoms with van der Waals surface area (Å²) < 4.78 is 11.6. The molecule has 0 radical (unpaired) electrons. The van der Waals surface area contributed by atoms with Gasteiger partial charge in [0.1, 0.15) is 0 Å². The van der Waals surface area contributed by atoms with Crippen molar-refractivity contribution < 1.29 is 4.21 Å². The van der Waals surface area contributed by atoms with Crippen LogP contribution in [0.15, 0.2) is 0 Å². The van der Waals surface area contributed by atoms with E-state index >= 15 is 0 Å². The van der Waals surface area contributed by atoms with Gasteiger partial charge >= 0.3 is 0 Å². The number of hydrogen-bond acceptors (Lipinski definition) is 1. The molecular formula is C10H20OS. The summed E-state index contributed by atoms with van der Waals surface area (Å²) >= 11 is 0. The molecule has 2 heteroatoms. The maximum atomic E-state index is 11.6. The summed E-state index contributed by atoms with van der Waals surface area (Å²) in [6.45, 7) is 6.70. The minimum absolute atomic E-state index is 0.345. The van der Waals surface area contributed by atoms with Gasteiger partial charge in [0.15, 0.2) is 0 Å². The standard InChI is InChI=1S/C10H20OS/c1-10(2,3)8-9-6-4-5-7-12(9)11/h9H,4-8H2,1-3H3. The molecule has 0 aromatic heterocycles. The Morgan fingerprint density at radius 1 is 1.33 bits per heavy atom. The molecule has 1 aliphatic rings. The van der Waals surface area contributed by atoms with Crippen LogP contribution in [0.1, 0.15) is 46.5 Å². The van der Waals surface area contributed by atoms with Crippen LogP contribution in [-0.2, 0) is 10.8 Å². The summed E-state index contributed by atoms with van der Waals surface area (Å²) in [4.78, 5) is 0. The van der Waals surface area contributed by atoms with Crippen LogP contribution in [0.4, 0.5) is 0 Å². The third-order valence-electron chi connectivity index (χ3n) is 2.33. The van der Waals surface area contributed by atoms with Gasteiger partial charge in [-0.05, 0) is 24.7 Å². The Hall–Kier alpha value is 0.150. The SMILES string of the molecule is CC(C)(C)CC1CCCCS1=O. The van der Waals surface area contributed by atoms with Crippen LogP contribution in [0, 0.1) is 5.41 Å². The largest absolute Gasteiger partial charge is 0.259 e. The molecule has 0 aromatic carbocycles. The second kappa shape index (κ2) is 3.91. The zero-order chi connectivity index (χ0) is 9.19. The lowest BCUT2D eigenvalue weighted by atomic mass is 9.89. The van der Waals surface area contributed by atoms with Crippen molar-refractivity contribution in [3.8, 4) is 0 Å². The molecule has 0 aliphatic carbocycles. The molecule has 0 spiro atoms. The van der Waals surface area contributed by atoms with Crippen LogP contribution in [0.25, 0.3) is 0 Å². The summed E-state index contributed by atoms with van der Waals surface area (Å²) in [7, 11) is -0.524. The molecule has 1 heterocycles. The molecule has 0 aromatic rings. The van der Waals surface area contributed by atoms with E-state index in [1.54, 1.807) is 0 Å². The maximum Gasteiger partial charge on any atom is 0.0353 e. The van der Waals surface area contributed by atoms with Gasteiger partial charge in [0.25, 0.3) is 0 Å². The minimum atomic E-state index is -0.524. The lowest BCUT2D eigenvalue weighted by Crippen LogP contribution is -2.27. The van der Waals surface area contributed by atoms with Gasteiger partial charge in [-0.2, -0.15) is 0 Å². The van der Waals surface area contributed by atoms with Gasteiger partial charge in [-0.25, -0.2) is 0 Å². The van der Waals surface area contributed by atoms with E-state index in [0.717, 1.165) is 12.2 Å². The average Bonchev–Trinajstić information content (AvgIpc) is 1.91. The van der Waals surface area contributed by atoms with Crippen LogP contribution in [0.5, 0.6) is 0 Å². The smallest absolute Gasteiger partial charge is 0.0353 e. The second-order valence-electron chi connectivity index (χ2n) is 4.97. The highest BCUT2D eigenvalue weighted by Gasteiger charge is 2.25. The summed E-state index contributed by atoms with van der Waals surface area (Å²) in [5.74, 6) is 0.945. The van der Waals surface area contributed by atoms with Crippen LogP contribution >= 0.6 is 0 Å². The Balaban J connectivity index is 2.45. The summed E-state index contributed by atoms with van der Waals surface area (Å²) in [6, 6.07) is 0. The quantitative estimate of drug-likeness (QED) is 0.618. The van der Waals surface area contributed by atoms with Crippen molar-refractivity contribution in [1.29, 1.82) is 0 Å². The fourth-order valence-electron chi connectivity index (χ4n) is 1.79. The Morgan fingerprint density at radius 2 is 2.00 bits per heavy atom. The van der Waals surface area contributed by atoms with E-state index in [9.17, 15) is 4.21 Å². The molecule has 1 aliphatic heterocycles. The Morgan fingerprint density at radius 3 is 2.50 bits per heavy atom. The maximum absolute atomic E-state index is 11.6. The summed E-state index contributed by atoms with van der Waals surface area (Å²) in [5, 5.41) is 0.485. The van der Waals surface area contributed by atoms with Crippen LogP contribution in [-0.4, -0.2) is 15.2 Å². The molecule has 0 N–H and O–H groups in total. The van der Waals surface area contributed by atoms with E-state index < -0.39 is 10.8 Å². The fourth-order valence-corrected chi connectivity index (χ4v) is 3.73.